The maximum absolute atomic E-state index is 11.7. The van der Waals surface area contributed by atoms with E-state index in [1.807, 2.05) is 0 Å². The lowest BCUT2D eigenvalue weighted by atomic mass is 10.2. The molecule has 1 unspecified atom stereocenters. The fourth-order valence-electron chi connectivity index (χ4n) is 1.84. The van der Waals surface area contributed by atoms with E-state index in [1.54, 1.807) is 6.07 Å². The molecule has 98 valence electrons. The molecule has 1 fully saturated rings. The molecule has 8 heteroatoms. The van der Waals surface area contributed by atoms with Crippen molar-refractivity contribution in [1.82, 2.24) is 9.03 Å². The van der Waals surface area contributed by atoms with E-state index in [2.05, 4.69) is 4.72 Å². The number of rotatable bonds is 3. The van der Waals surface area contributed by atoms with Gasteiger partial charge in [-0.05, 0) is 17.7 Å². The Morgan fingerprint density at radius 1 is 1.50 bits per heavy atom. The van der Waals surface area contributed by atoms with Crippen molar-refractivity contribution in [1.29, 1.82) is 0 Å². The van der Waals surface area contributed by atoms with Crippen molar-refractivity contribution in [3.05, 3.63) is 23.8 Å². The molecule has 1 aliphatic rings. The van der Waals surface area contributed by atoms with Crippen molar-refractivity contribution < 1.29 is 18.3 Å². The van der Waals surface area contributed by atoms with Crippen molar-refractivity contribution in [3.63, 3.8) is 0 Å². The monoisotopic (exact) mass is 271 g/mol. The van der Waals surface area contributed by atoms with Crippen LogP contribution in [-0.4, -0.2) is 36.7 Å². The van der Waals surface area contributed by atoms with Crippen molar-refractivity contribution in [2.24, 2.45) is 0 Å². The van der Waals surface area contributed by atoms with E-state index >= 15 is 0 Å². The third-order valence-corrected chi connectivity index (χ3v) is 4.12. The zero-order valence-electron chi connectivity index (χ0n) is 9.41. The fraction of sp³-hybridized carbons (Fsp3) is 0.300. The van der Waals surface area contributed by atoms with Crippen LogP contribution in [0.4, 0.5) is 5.69 Å². The zero-order valence-corrected chi connectivity index (χ0v) is 10.2. The number of aromatic hydroxyl groups is 1. The summed E-state index contributed by atoms with van der Waals surface area (Å²) in [6, 6.07) is 3.64. The number of anilines is 1. The normalized spacial score (nSPS) is 23.0. The first kappa shape index (κ1) is 12.8. The number of nitrogens with one attached hydrogen (secondary N) is 1. The lowest BCUT2D eigenvalue weighted by Gasteiger charge is -2.13. The SMILES string of the molecule is Nc1cc(O)cc(CN2CC(C=O)NS2(=O)=O)c1. The third kappa shape index (κ3) is 2.61. The predicted octanol–water partition coefficient (Wildman–Crippen LogP) is -0.808. The van der Waals surface area contributed by atoms with Crippen LogP contribution in [0.2, 0.25) is 0 Å². The average molecular weight is 271 g/mol. The van der Waals surface area contributed by atoms with Crippen molar-refractivity contribution in [3.8, 4) is 5.75 Å². The predicted molar refractivity (Wildman–Crippen MR) is 64.8 cm³/mol. The van der Waals surface area contributed by atoms with E-state index < -0.39 is 16.3 Å². The first-order valence-electron chi connectivity index (χ1n) is 5.22. The Labute approximate surface area is 104 Å². The lowest BCUT2D eigenvalue weighted by molar-refractivity contribution is -0.109. The number of carbonyl (C=O) groups is 1. The lowest BCUT2D eigenvalue weighted by Crippen LogP contribution is -2.30. The summed E-state index contributed by atoms with van der Waals surface area (Å²) in [4.78, 5) is 10.6. The minimum atomic E-state index is -3.64. The Balaban J connectivity index is 2.21. The van der Waals surface area contributed by atoms with E-state index in [0.717, 1.165) is 4.31 Å². The summed E-state index contributed by atoms with van der Waals surface area (Å²) >= 11 is 0. The van der Waals surface area contributed by atoms with Crippen molar-refractivity contribution in [2.45, 2.75) is 12.6 Å². The molecule has 1 aromatic carbocycles. The van der Waals surface area contributed by atoms with Gasteiger partial charge < -0.3 is 15.6 Å². The van der Waals surface area contributed by atoms with Crippen LogP contribution < -0.4 is 10.5 Å². The summed E-state index contributed by atoms with van der Waals surface area (Å²) in [5.74, 6) is -0.0264. The molecule has 0 amide bonds. The summed E-state index contributed by atoms with van der Waals surface area (Å²) < 4.78 is 26.7. The molecule has 0 aromatic heterocycles. The van der Waals surface area contributed by atoms with Crippen LogP contribution >= 0.6 is 0 Å². The Hall–Kier alpha value is -1.64. The highest BCUT2D eigenvalue weighted by Crippen LogP contribution is 2.21. The number of hydrogen-bond acceptors (Lipinski definition) is 5. The van der Waals surface area contributed by atoms with Gasteiger partial charge in [0.1, 0.15) is 12.0 Å². The quantitative estimate of drug-likeness (QED) is 0.491. The minimum Gasteiger partial charge on any atom is -0.508 e. The van der Waals surface area contributed by atoms with Crippen LogP contribution in [0, 0.1) is 0 Å². The number of carbonyl (C=O) groups excluding carboxylic acids is 1. The number of nitrogens with zero attached hydrogens (tertiary/aromatic N) is 1. The number of nitrogens with two attached hydrogens (primary N) is 1. The van der Waals surface area contributed by atoms with Crippen LogP contribution in [-0.2, 0) is 21.5 Å². The number of phenolic OH excluding ortho intramolecular Hbond substituents is 1. The van der Waals surface area contributed by atoms with Gasteiger partial charge in [0.05, 0.1) is 6.04 Å². The molecule has 1 atom stereocenters. The molecule has 2 rings (SSSR count). The van der Waals surface area contributed by atoms with Crippen molar-refractivity contribution >= 4 is 22.2 Å². The zero-order chi connectivity index (χ0) is 13.3. The van der Waals surface area contributed by atoms with Gasteiger partial charge in [-0.1, -0.05) is 0 Å². The molecular formula is C10H13N3O4S. The van der Waals surface area contributed by atoms with Gasteiger partial charge in [0.2, 0.25) is 0 Å². The molecule has 0 spiro atoms. The van der Waals surface area contributed by atoms with Crippen LogP contribution in [0.15, 0.2) is 18.2 Å². The van der Waals surface area contributed by atoms with E-state index in [4.69, 9.17) is 5.73 Å². The second-order valence-corrected chi connectivity index (χ2v) is 5.79. The molecule has 1 heterocycles. The van der Waals surface area contributed by atoms with Gasteiger partial charge in [-0.3, -0.25) is 0 Å². The van der Waals surface area contributed by atoms with Crippen LogP contribution in [0.1, 0.15) is 5.56 Å². The molecule has 0 saturated carbocycles. The van der Waals surface area contributed by atoms with Gasteiger partial charge in [0.15, 0.2) is 0 Å². The summed E-state index contributed by atoms with van der Waals surface area (Å²) in [6.07, 6.45) is 0.550. The second-order valence-electron chi connectivity index (χ2n) is 4.09. The van der Waals surface area contributed by atoms with Gasteiger partial charge in [-0.25, -0.2) is 0 Å². The minimum absolute atomic E-state index is 0.0264. The number of phenols is 1. The van der Waals surface area contributed by atoms with E-state index in [0.29, 0.717) is 17.5 Å². The highest BCUT2D eigenvalue weighted by Gasteiger charge is 2.34. The number of hydrogen-bond donors (Lipinski definition) is 3. The molecule has 7 nitrogen and oxygen atoms in total. The summed E-state index contributed by atoms with van der Waals surface area (Å²) in [7, 11) is -3.64. The molecule has 0 radical (unpaired) electrons. The largest absolute Gasteiger partial charge is 0.508 e. The fourth-order valence-corrected chi connectivity index (χ4v) is 3.17. The smallest absolute Gasteiger partial charge is 0.280 e. The summed E-state index contributed by atoms with van der Waals surface area (Å²) in [6.45, 7) is 0.125. The van der Waals surface area contributed by atoms with Gasteiger partial charge in [0, 0.05) is 24.8 Å². The standard InChI is InChI=1S/C10H13N3O4S/c11-8-1-7(2-10(15)3-8)4-13-5-9(6-14)12-18(13,16)17/h1-3,6,9,12,15H,4-5,11H2. The molecule has 1 saturated heterocycles. The van der Waals surface area contributed by atoms with E-state index in [9.17, 15) is 18.3 Å². The molecule has 0 bridgehead atoms. The van der Waals surface area contributed by atoms with Gasteiger partial charge in [0.25, 0.3) is 10.2 Å². The highest BCUT2D eigenvalue weighted by molar-refractivity contribution is 7.87. The first-order chi connectivity index (χ1) is 8.40. The average Bonchev–Trinajstić information content (AvgIpc) is 2.52. The molecular weight excluding hydrogens is 258 g/mol. The summed E-state index contributed by atoms with van der Waals surface area (Å²) in [5.41, 5.74) is 6.46. The number of nitrogen functional groups attached to an aromatic ring is 1. The van der Waals surface area contributed by atoms with E-state index in [-0.39, 0.29) is 18.8 Å². The Bertz CT molecular complexity index is 552. The Morgan fingerprint density at radius 2 is 2.22 bits per heavy atom. The van der Waals surface area contributed by atoms with Crippen LogP contribution in [0.25, 0.3) is 0 Å². The number of aldehydes is 1. The molecule has 0 aliphatic carbocycles. The highest BCUT2D eigenvalue weighted by atomic mass is 32.2. The molecule has 1 aromatic rings. The Kier molecular flexibility index (Phi) is 3.24. The molecule has 1 aliphatic heterocycles. The maximum atomic E-state index is 11.7. The summed E-state index contributed by atoms with van der Waals surface area (Å²) in [5, 5.41) is 9.38. The molecule has 4 N–H and O–H groups in total. The van der Waals surface area contributed by atoms with E-state index in [1.165, 1.54) is 12.1 Å². The van der Waals surface area contributed by atoms with Gasteiger partial charge in [-0.2, -0.15) is 17.4 Å². The van der Waals surface area contributed by atoms with Crippen LogP contribution in [0.3, 0.4) is 0 Å². The topological polar surface area (TPSA) is 113 Å². The molecule has 18 heavy (non-hydrogen) atoms. The first-order valence-corrected chi connectivity index (χ1v) is 6.66. The second kappa shape index (κ2) is 4.56. The van der Waals surface area contributed by atoms with Gasteiger partial charge in [-0.15, -0.1) is 0 Å². The van der Waals surface area contributed by atoms with Crippen molar-refractivity contribution in [2.75, 3.05) is 12.3 Å². The Morgan fingerprint density at radius 3 is 2.78 bits per heavy atom. The maximum Gasteiger partial charge on any atom is 0.280 e. The number of benzene rings is 1. The third-order valence-electron chi connectivity index (χ3n) is 2.56. The van der Waals surface area contributed by atoms with Crippen LogP contribution in [0.5, 0.6) is 5.75 Å². The van der Waals surface area contributed by atoms with Gasteiger partial charge >= 0.3 is 0 Å².